The molecule has 4 fully saturated rings. The molecule has 0 saturated heterocycles. The molecule has 7 atom stereocenters. The predicted molar refractivity (Wildman–Crippen MR) is 94.1 cm³/mol. The zero-order valence-electron chi connectivity index (χ0n) is 15.1. The summed E-state index contributed by atoms with van der Waals surface area (Å²) in [6, 6.07) is 0. The first-order chi connectivity index (χ1) is 11.4. The molecule has 4 saturated carbocycles. The van der Waals surface area contributed by atoms with Crippen LogP contribution in [0.4, 0.5) is 0 Å². The van der Waals surface area contributed by atoms with Crippen molar-refractivity contribution < 1.29 is 9.59 Å². The molecule has 130 valence electrons. The van der Waals surface area contributed by atoms with E-state index in [4.69, 9.17) is 6.42 Å². The number of terminal acetylenes is 1. The van der Waals surface area contributed by atoms with Crippen LogP contribution in [0.2, 0.25) is 0 Å². The van der Waals surface area contributed by atoms with E-state index in [0.717, 1.165) is 57.8 Å². The van der Waals surface area contributed by atoms with Gasteiger partial charge in [0.1, 0.15) is 11.6 Å². The van der Waals surface area contributed by atoms with E-state index in [2.05, 4.69) is 19.8 Å². The van der Waals surface area contributed by atoms with Crippen molar-refractivity contribution in [1.82, 2.24) is 0 Å². The lowest BCUT2D eigenvalue weighted by Crippen LogP contribution is -2.56. The highest BCUT2D eigenvalue weighted by molar-refractivity contribution is 5.87. The highest BCUT2D eigenvalue weighted by Crippen LogP contribution is 2.66. The Kier molecular flexibility index (Phi) is 3.72. The second kappa shape index (κ2) is 5.45. The van der Waals surface area contributed by atoms with E-state index >= 15 is 0 Å². The summed E-state index contributed by atoms with van der Waals surface area (Å²) in [6.07, 6.45) is 14.3. The van der Waals surface area contributed by atoms with Gasteiger partial charge in [0.15, 0.2) is 0 Å². The molecule has 0 N–H and O–H groups in total. The average Bonchev–Trinajstić information content (AvgIpc) is 2.85. The fraction of sp³-hybridized carbons (Fsp3) is 0.818. The van der Waals surface area contributed by atoms with Gasteiger partial charge in [-0.15, -0.1) is 12.3 Å². The zero-order valence-corrected chi connectivity index (χ0v) is 15.1. The summed E-state index contributed by atoms with van der Waals surface area (Å²) in [5.74, 6) is 6.68. The third-order valence-electron chi connectivity index (χ3n) is 8.75. The van der Waals surface area contributed by atoms with E-state index < -0.39 is 0 Å². The normalized spacial score (nSPS) is 50.6. The Labute approximate surface area is 146 Å². The second-order valence-corrected chi connectivity index (χ2v) is 9.56. The van der Waals surface area contributed by atoms with Gasteiger partial charge in [-0.2, -0.15) is 0 Å². The third-order valence-corrected chi connectivity index (χ3v) is 8.75. The fourth-order valence-corrected chi connectivity index (χ4v) is 7.35. The highest BCUT2D eigenvalue weighted by Gasteiger charge is 2.62. The number of Topliss-reactive ketones (excluding diaryl/α,β-unsaturated/α-hetero) is 2. The SMILES string of the molecule is C#CC[C@@H]1C[C@H]2CC(=O)CC[C@]2(C)[C@H]2CC[C@]3(C)C(=O)CC[C@H]3[C@H]12. The number of rotatable bonds is 1. The quantitative estimate of drug-likeness (QED) is 0.669. The zero-order chi connectivity index (χ0) is 17.1. The van der Waals surface area contributed by atoms with Crippen molar-refractivity contribution >= 4 is 11.6 Å². The highest BCUT2D eigenvalue weighted by atomic mass is 16.1. The maximum Gasteiger partial charge on any atom is 0.139 e. The number of carbonyl (C=O) groups excluding carboxylic acids is 2. The Morgan fingerprint density at radius 3 is 2.67 bits per heavy atom. The van der Waals surface area contributed by atoms with E-state index in [0.29, 0.717) is 41.2 Å². The lowest BCUT2D eigenvalue weighted by atomic mass is 9.42. The van der Waals surface area contributed by atoms with Crippen LogP contribution in [0.1, 0.15) is 71.6 Å². The molecule has 0 aromatic heterocycles. The summed E-state index contributed by atoms with van der Waals surface area (Å²) in [5.41, 5.74) is 0.193. The number of carbonyl (C=O) groups is 2. The standard InChI is InChI=1S/C22H30O2/c1-4-5-14-12-15-13-16(23)8-10-21(15,2)18-9-11-22(3)17(20(14)18)6-7-19(22)24/h1,14-15,17-18,20H,5-13H2,2-3H3/t14-,15+,17+,18+,20+,21+,22+/m1/s1. The summed E-state index contributed by atoms with van der Waals surface area (Å²) in [5, 5.41) is 0. The minimum Gasteiger partial charge on any atom is -0.300 e. The second-order valence-electron chi connectivity index (χ2n) is 9.56. The third kappa shape index (κ3) is 2.09. The maximum absolute atomic E-state index is 12.6. The largest absolute Gasteiger partial charge is 0.300 e. The van der Waals surface area contributed by atoms with E-state index in [9.17, 15) is 9.59 Å². The minimum absolute atomic E-state index is 0.0955. The van der Waals surface area contributed by atoms with Gasteiger partial charge in [0, 0.05) is 31.1 Å². The van der Waals surface area contributed by atoms with Crippen molar-refractivity contribution in [1.29, 1.82) is 0 Å². The van der Waals surface area contributed by atoms with Gasteiger partial charge < -0.3 is 0 Å². The van der Waals surface area contributed by atoms with Crippen LogP contribution >= 0.6 is 0 Å². The van der Waals surface area contributed by atoms with Gasteiger partial charge in [-0.05, 0) is 67.1 Å². The van der Waals surface area contributed by atoms with Crippen LogP contribution in [-0.2, 0) is 9.59 Å². The molecule has 0 radical (unpaired) electrons. The van der Waals surface area contributed by atoms with Crippen molar-refractivity contribution in [3.05, 3.63) is 0 Å². The first-order valence-electron chi connectivity index (χ1n) is 9.88. The lowest BCUT2D eigenvalue weighted by Gasteiger charge is -2.61. The summed E-state index contributed by atoms with van der Waals surface area (Å²) in [6.45, 7) is 4.68. The summed E-state index contributed by atoms with van der Waals surface area (Å²) in [7, 11) is 0. The first kappa shape index (κ1) is 16.4. The molecule has 0 bridgehead atoms. The van der Waals surface area contributed by atoms with Crippen LogP contribution in [0, 0.1) is 52.8 Å². The Bertz CT molecular complexity index is 614. The van der Waals surface area contributed by atoms with Crippen LogP contribution in [0.3, 0.4) is 0 Å². The molecule has 4 aliphatic carbocycles. The van der Waals surface area contributed by atoms with Gasteiger partial charge in [0.25, 0.3) is 0 Å². The fourth-order valence-electron chi connectivity index (χ4n) is 7.35. The van der Waals surface area contributed by atoms with Crippen molar-refractivity contribution in [2.75, 3.05) is 0 Å². The lowest BCUT2D eigenvalue weighted by molar-refractivity contribution is -0.153. The van der Waals surface area contributed by atoms with E-state index in [1.165, 1.54) is 0 Å². The van der Waals surface area contributed by atoms with Crippen LogP contribution in [0.15, 0.2) is 0 Å². The first-order valence-corrected chi connectivity index (χ1v) is 9.88. The molecule has 0 aliphatic heterocycles. The Balaban J connectivity index is 1.73. The molecule has 0 heterocycles. The van der Waals surface area contributed by atoms with Gasteiger partial charge in [-0.25, -0.2) is 0 Å². The van der Waals surface area contributed by atoms with Crippen LogP contribution in [0.5, 0.6) is 0 Å². The van der Waals surface area contributed by atoms with Gasteiger partial charge in [0.05, 0.1) is 0 Å². The molecule has 2 nitrogen and oxygen atoms in total. The smallest absolute Gasteiger partial charge is 0.139 e. The monoisotopic (exact) mass is 326 g/mol. The summed E-state index contributed by atoms with van der Waals surface area (Å²) in [4.78, 5) is 24.7. The minimum atomic E-state index is -0.0955. The summed E-state index contributed by atoms with van der Waals surface area (Å²) < 4.78 is 0. The van der Waals surface area contributed by atoms with Gasteiger partial charge in [-0.1, -0.05) is 13.8 Å². The maximum atomic E-state index is 12.6. The topological polar surface area (TPSA) is 34.1 Å². The molecule has 24 heavy (non-hydrogen) atoms. The number of ketones is 2. The van der Waals surface area contributed by atoms with Crippen molar-refractivity contribution in [2.45, 2.75) is 71.6 Å². The van der Waals surface area contributed by atoms with Crippen LogP contribution < -0.4 is 0 Å². The number of hydrogen-bond donors (Lipinski definition) is 0. The molecule has 2 heteroatoms. The molecular formula is C22H30O2. The van der Waals surface area contributed by atoms with Gasteiger partial charge >= 0.3 is 0 Å². The van der Waals surface area contributed by atoms with Crippen molar-refractivity contribution in [3.63, 3.8) is 0 Å². The number of fused-ring (bicyclic) bond motifs is 5. The molecule has 4 aliphatic rings. The van der Waals surface area contributed by atoms with Crippen LogP contribution in [-0.4, -0.2) is 11.6 Å². The van der Waals surface area contributed by atoms with E-state index in [1.54, 1.807) is 0 Å². The van der Waals surface area contributed by atoms with Crippen molar-refractivity contribution in [3.8, 4) is 12.3 Å². The van der Waals surface area contributed by atoms with Gasteiger partial charge in [0.2, 0.25) is 0 Å². The Hall–Kier alpha value is -1.10. The molecule has 0 aromatic rings. The Morgan fingerprint density at radius 2 is 1.92 bits per heavy atom. The molecule has 0 spiro atoms. The predicted octanol–water partition coefficient (Wildman–Crippen LogP) is 4.42. The average molecular weight is 326 g/mol. The molecule has 0 amide bonds. The number of hydrogen-bond acceptors (Lipinski definition) is 2. The van der Waals surface area contributed by atoms with Crippen molar-refractivity contribution in [2.24, 2.45) is 40.4 Å². The molecular weight excluding hydrogens is 296 g/mol. The van der Waals surface area contributed by atoms with E-state index in [-0.39, 0.29) is 10.8 Å². The van der Waals surface area contributed by atoms with Crippen LogP contribution in [0.25, 0.3) is 0 Å². The molecule has 0 aromatic carbocycles. The van der Waals surface area contributed by atoms with Gasteiger partial charge in [-0.3, -0.25) is 9.59 Å². The summed E-state index contributed by atoms with van der Waals surface area (Å²) >= 11 is 0. The Morgan fingerprint density at radius 1 is 1.12 bits per heavy atom. The van der Waals surface area contributed by atoms with E-state index in [1.807, 2.05) is 0 Å². The molecule has 0 unspecified atom stereocenters. The molecule has 4 rings (SSSR count).